The van der Waals surface area contributed by atoms with E-state index in [0.717, 1.165) is 0 Å². The molecule has 10 heteroatoms. The molecule has 2 aromatic carbocycles. The Labute approximate surface area is 177 Å². The molecule has 0 bridgehead atoms. The second-order valence-corrected chi connectivity index (χ2v) is 7.37. The number of aromatic nitrogens is 2. The number of piperidine rings is 1. The fourth-order valence-electron chi connectivity index (χ4n) is 3.53. The molecule has 31 heavy (non-hydrogen) atoms. The summed E-state index contributed by atoms with van der Waals surface area (Å²) in [7, 11) is 0. The summed E-state index contributed by atoms with van der Waals surface area (Å²) in [4.78, 5) is 29.3. The molecule has 1 aromatic heterocycles. The van der Waals surface area contributed by atoms with Crippen molar-refractivity contribution < 1.29 is 19.3 Å². The van der Waals surface area contributed by atoms with E-state index in [2.05, 4.69) is 20.4 Å². The van der Waals surface area contributed by atoms with Gasteiger partial charge >= 0.3 is 0 Å². The average molecular weight is 423 g/mol. The number of likely N-dealkylation sites (tertiary alicyclic amines) is 1. The van der Waals surface area contributed by atoms with Crippen molar-refractivity contribution >= 4 is 17.3 Å². The minimum absolute atomic E-state index is 0.00172. The highest BCUT2D eigenvalue weighted by atomic mass is 16.6. The molecule has 0 unspecified atom stereocenters. The Hall–Kier alpha value is -3.79. The van der Waals surface area contributed by atoms with Crippen LogP contribution >= 0.6 is 0 Å². The molecule has 2 N–H and O–H groups in total. The summed E-state index contributed by atoms with van der Waals surface area (Å²) in [5.74, 6) is 0.648. The van der Waals surface area contributed by atoms with Gasteiger partial charge in [0.1, 0.15) is 5.75 Å². The molecule has 1 aliphatic rings. The zero-order valence-corrected chi connectivity index (χ0v) is 16.6. The first-order valence-electron chi connectivity index (χ1n) is 9.88. The first-order valence-corrected chi connectivity index (χ1v) is 9.88. The number of hydrogen-bond acceptors (Lipinski definition) is 8. The summed E-state index contributed by atoms with van der Waals surface area (Å²) in [5.41, 5.74) is 1.06. The van der Waals surface area contributed by atoms with Crippen LogP contribution in [0.5, 0.6) is 5.75 Å². The van der Waals surface area contributed by atoms with Crippen molar-refractivity contribution in [2.45, 2.75) is 19.4 Å². The lowest BCUT2D eigenvalue weighted by Crippen LogP contribution is -2.37. The van der Waals surface area contributed by atoms with E-state index >= 15 is 0 Å². The Bertz CT molecular complexity index is 1070. The average Bonchev–Trinajstić information content (AvgIpc) is 3.24. The monoisotopic (exact) mass is 423 g/mol. The molecule has 0 saturated carbocycles. The van der Waals surface area contributed by atoms with Crippen LogP contribution in [0.3, 0.4) is 0 Å². The Balaban J connectivity index is 1.30. The normalized spacial score (nSPS) is 15.0. The molecule has 160 valence electrons. The Morgan fingerprint density at radius 3 is 2.58 bits per heavy atom. The number of nitrogens with one attached hydrogen (secondary N) is 1. The number of rotatable bonds is 6. The second kappa shape index (κ2) is 8.92. The van der Waals surface area contributed by atoms with Crippen LogP contribution in [-0.4, -0.2) is 44.1 Å². The van der Waals surface area contributed by atoms with Gasteiger partial charge < -0.3 is 14.9 Å². The van der Waals surface area contributed by atoms with Crippen LogP contribution in [0, 0.1) is 16.0 Å². The lowest BCUT2D eigenvalue weighted by molar-refractivity contribution is -0.384. The first-order chi connectivity index (χ1) is 15.0. The molecular weight excluding hydrogens is 402 g/mol. The van der Waals surface area contributed by atoms with Gasteiger partial charge in [-0.3, -0.25) is 19.8 Å². The van der Waals surface area contributed by atoms with Crippen molar-refractivity contribution in [1.29, 1.82) is 0 Å². The number of nitrogens with zero attached hydrogens (tertiary/aromatic N) is 4. The van der Waals surface area contributed by atoms with Crippen LogP contribution in [0.1, 0.15) is 18.7 Å². The van der Waals surface area contributed by atoms with Crippen molar-refractivity contribution in [3.8, 4) is 17.1 Å². The van der Waals surface area contributed by atoms with Crippen molar-refractivity contribution in [2.24, 2.45) is 5.92 Å². The fraction of sp³-hybridized carbons (Fsp3) is 0.286. The molecule has 10 nitrogen and oxygen atoms in total. The number of nitro benzene ring substituents is 1. The molecule has 0 spiro atoms. The van der Waals surface area contributed by atoms with E-state index in [1.54, 1.807) is 30.3 Å². The van der Waals surface area contributed by atoms with Crippen molar-refractivity contribution in [1.82, 2.24) is 15.0 Å². The van der Waals surface area contributed by atoms with E-state index in [9.17, 15) is 20.0 Å². The predicted octanol–water partition coefficient (Wildman–Crippen LogP) is 3.20. The Morgan fingerprint density at radius 2 is 1.90 bits per heavy atom. The highest BCUT2D eigenvalue weighted by Crippen LogP contribution is 2.26. The SMILES string of the molecule is O=C(Nc1ccccc1O)C1CCN(Cc2nc(-c3ccc([N+](=O)[O-])cc3)no2)CC1. The van der Waals surface area contributed by atoms with Gasteiger partial charge in [0.15, 0.2) is 0 Å². The number of nitro groups is 1. The number of hydrogen-bond donors (Lipinski definition) is 2. The maximum Gasteiger partial charge on any atom is 0.269 e. The van der Waals surface area contributed by atoms with Gasteiger partial charge in [0.2, 0.25) is 17.6 Å². The van der Waals surface area contributed by atoms with Crippen LogP contribution in [0.15, 0.2) is 53.1 Å². The molecule has 1 amide bonds. The third-order valence-corrected chi connectivity index (χ3v) is 5.28. The zero-order chi connectivity index (χ0) is 21.8. The molecule has 2 heterocycles. The van der Waals surface area contributed by atoms with Crippen LogP contribution in [0.4, 0.5) is 11.4 Å². The van der Waals surface area contributed by atoms with Crippen molar-refractivity contribution in [3.63, 3.8) is 0 Å². The van der Waals surface area contributed by atoms with E-state index in [4.69, 9.17) is 4.52 Å². The maximum atomic E-state index is 12.5. The lowest BCUT2D eigenvalue weighted by Gasteiger charge is -2.30. The predicted molar refractivity (Wildman–Crippen MR) is 111 cm³/mol. The third kappa shape index (κ3) is 4.86. The van der Waals surface area contributed by atoms with Gasteiger partial charge in [0, 0.05) is 23.6 Å². The van der Waals surface area contributed by atoms with Gasteiger partial charge in [0.25, 0.3) is 5.69 Å². The number of carbonyl (C=O) groups excluding carboxylic acids is 1. The number of aromatic hydroxyl groups is 1. The lowest BCUT2D eigenvalue weighted by atomic mass is 9.96. The summed E-state index contributed by atoms with van der Waals surface area (Å²) in [5, 5.41) is 27.3. The van der Waals surface area contributed by atoms with Gasteiger partial charge in [-0.25, -0.2) is 0 Å². The molecule has 1 saturated heterocycles. The van der Waals surface area contributed by atoms with Gasteiger partial charge in [-0.15, -0.1) is 0 Å². The summed E-state index contributed by atoms with van der Waals surface area (Å²) in [6.07, 6.45) is 1.37. The van der Waals surface area contributed by atoms with Crippen LogP contribution in [0.25, 0.3) is 11.4 Å². The van der Waals surface area contributed by atoms with Gasteiger partial charge in [-0.1, -0.05) is 17.3 Å². The molecule has 3 aromatic rings. The number of carbonyl (C=O) groups is 1. The van der Waals surface area contributed by atoms with E-state index in [1.807, 2.05) is 0 Å². The number of phenols is 1. The van der Waals surface area contributed by atoms with Crippen LogP contribution < -0.4 is 5.32 Å². The number of para-hydroxylation sites is 2. The minimum Gasteiger partial charge on any atom is -0.506 e. The Kier molecular flexibility index (Phi) is 5.89. The third-order valence-electron chi connectivity index (χ3n) is 5.28. The summed E-state index contributed by atoms with van der Waals surface area (Å²) in [6, 6.07) is 12.6. The smallest absolute Gasteiger partial charge is 0.269 e. The molecule has 0 aliphatic carbocycles. The van der Waals surface area contributed by atoms with Gasteiger partial charge in [-0.2, -0.15) is 4.98 Å². The molecule has 0 atom stereocenters. The number of non-ortho nitro benzene ring substituents is 1. The molecule has 4 rings (SSSR count). The van der Waals surface area contributed by atoms with Crippen molar-refractivity contribution in [2.75, 3.05) is 18.4 Å². The molecule has 1 fully saturated rings. The quantitative estimate of drug-likeness (QED) is 0.351. The summed E-state index contributed by atoms with van der Waals surface area (Å²) in [6.45, 7) is 1.87. The summed E-state index contributed by atoms with van der Waals surface area (Å²) < 4.78 is 5.32. The number of phenolic OH excluding ortho intramolecular Hbond substituents is 1. The van der Waals surface area contributed by atoms with E-state index in [-0.39, 0.29) is 23.3 Å². The highest BCUT2D eigenvalue weighted by molar-refractivity contribution is 5.93. The fourth-order valence-corrected chi connectivity index (χ4v) is 3.53. The minimum atomic E-state index is -0.460. The Morgan fingerprint density at radius 1 is 1.19 bits per heavy atom. The first kappa shape index (κ1) is 20.5. The number of anilines is 1. The van der Waals surface area contributed by atoms with Crippen molar-refractivity contribution in [3.05, 3.63) is 64.5 Å². The van der Waals surface area contributed by atoms with E-state index in [1.165, 1.54) is 18.2 Å². The summed E-state index contributed by atoms with van der Waals surface area (Å²) >= 11 is 0. The number of amides is 1. The highest BCUT2D eigenvalue weighted by Gasteiger charge is 2.26. The largest absolute Gasteiger partial charge is 0.506 e. The second-order valence-electron chi connectivity index (χ2n) is 7.37. The molecular formula is C21H21N5O5. The molecule has 1 aliphatic heterocycles. The van der Waals surface area contributed by atoms with Gasteiger partial charge in [0.05, 0.1) is 17.2 Å². The maximum absolute atomic E-state index is 12.5. The number of benzene rings is 2. The van der Waals surface area contributed by atoms with Gasteiger partial charge in [-0.05, 0) is 50.2 Å². The molecule has 0 radical (unpaired) electrons. The van der Waals surface area contributed by atoms with Crippen LogP contribution in [-0.2, 0) is 11.3 Å². The standard InChI is InChI=1S/C21H21N5O5/c27-18-4-2-1-3-17(18)22-21(28)15-9-11-25(12-10-15)13-19-23-20(24-31-19)14-5-7-16(8-6-14)26(29)30/h1-8,15,27H,9-13H2,(H,22,28). The van der Waals surface area contributed by atoms with E-state index in [0.29, 0.717) is 55.4 Å². The topological polar surface area (TPSA) is 135 Å². The van der Waals surface area contributed by atoms with E-state index < -0.39 is 4.92 Å². The zero-order valence-electron chi connectivity index (χ0n) is 16.6. The van der Waals surface area contributed by atoms with Crippen LogP contribution in [0.2, 0.25) is 0 Å².